The first-order chi connectivity index (χ1) is 9.67. The summed E-state index contributed by atoms with van der Waals surface area (Å²) in [6.07, 6.45) is 0. The molecule has 0 saturated heterocycles. The SMILES string of the molecule is COc1ccc2cc(C(=O)c3ccc(C)s3)ccc2c1. The molecular weight excluding hydrogens is 268 g/mol. The Morgan fingerprint density at radius 2 is 1.75 bits per heavy atom. The summed E-state index contributed by atoms with van der Waals surface area (Å²) in [6.45, 7) is 2.01. The summed E-state index contributed by atoms with van der Waals surface area (Å²) in [4.78, 5) is 14.4. The highest BCUT2D eigenvalue weighted by Crippen LogP contribution is 2.24. The van der Waals surface area contributed by atoms with E-state index >= 15 is 0 Å². The highest BCUT2D eigenvalue weighted by atomic mass is 32.1. The Kier molecular flexibility index (Phi) is 3.28. The molecule has 0 aliphatic rings. The first-order valence-electron chi connectivity index (χ1n) is 6.36. The minimum absolute atomic E-state index is 0.0841. The molecule has 1 aromatic heterocycles. The van der Waals surface area contributed by atoms with E-state index in [4.69, 9.17) is 4.74 Å². The number of aryl methyl sites for hydroxylation is 1. The number of carbonyl (C=O) groups excluding carboxylic acids is 1. The molecule has 100 valence electrons. The normalized spacial score (nSPS) is 10.7. The smallest absolute Gasteiger partial charge is 0.202 e. The second-order valence-corrected chi connectivity index (χ2v) is 5.96. The Labute approximate surface area is 121 Å². The molecule has 0 saturated carbocycles. The van der Waals surface area contributed by atoms with Crippen LogP contribution in [-0.4, -0.2) is 12.9 Å². The Morgan fingerprint density at radius 3 is 2.45 bits per heavy atom. The predicted octanol–water partition coefficient (Wildman–Crippen LogP) is 4.45. The van der Waals surface area contributed by atoms with Crippen LogP contribution >= 0.6 is 11.3 Å². The van der Waals surface area contributed by atoms with Crippen LogP contribution < -0.4 is 4.74 Å². The fourth-order valence-electron chi connectivity index (χ4n) is 2.19. The zero-order valence-corrected chi connectivity index (χ0v) is 12.2. The summed E-state index contributed by atoms with van der Waals surface area (Å²) in [5.74, 6) is 0.909. The van der Waals surface area contributed by atoms with Crippen LogP contribution in [0.3, 0.4) is 0 Å². The second kappa shape index (κ2) is 5.10. The molecule has 0 radical (unpaired) electrons. The van der Waals surface area contributed by atoms with Gasteiger partial charge in [0.05, 0.1) is 12.0 Å². The van der Waals surface area contributed by atoms with Crippen LogP contribution in [0.4, 0.5) is 0 Å². The van der Waals surface area contributed by atoms with Gasteiger partial charge in [-0.25, -0.2) is 0 Å². The van der Waals surface area contributed by atoms with Gasteiger partial charge in [0.15, 0.2) is 0 Å². The highest BCUT2D eigenvalue weighted by Gasteiger charge is 2.11. The maximum atomic E-state index is 12.4. The van der Waals surface area contributed by atoms with Crippen molar-refractivity contribution in [3.05, 3.63) is 63.8 Å². The number of ether oxygens (including phenoxy) is 1. The minimum atomic E-state index is 0.0841. The standard InChI is InChI=1S/C17H14O2S/c1-11-3-8-16(20-11)17(18)14-5-4-13-10-15(19-2)7-6-12(13)9-14/h3-10H,1-2H3. The van der Waals surface area contributed by atoms with Crippen LogP contribution in [0.5, 0.6) is 5.75 Å². The predicted molar refractivity (Wildman–Crippen MR) is 83.0 cm³/mol. The molecule has 3 heteroatoms. The van der Waals surface area contributed by atoms with E-state index in [9.17, 15) is 4.79 Å². The van der Waals surface area contributed by atoms with Crippen molar-refractivity contribution < 1.29 is 9.53 Å². The van der Waals surface area contributed by atoms with Crippen molar-refractivity contribution in [3.63, 3.8) is 0 Å². The number of rotatable bonds is 3. The monoisotopic (exact) mass is 282 g/mol. The topological polar surface area (TPSA) is 26.3 Å². The third kappa shape index (κ3) is 2.32. The number of fused-ring (bicyclic) bond motifs is 1. The average Bonchev–Trinajstić information content (AvgIpc) is 2.92. The summed E-state index contributed by atoms with van der Waals surface area (Å²) in [7, 11) is 1.65. The first kappa shape index (κ1) is 12.9. The third-order valence-electron chi connectivity index (χ3n) is 3.27. The number of ketones is 1. The van der Waals surface area contributed by atoms with Gasteiger partial charge >= 0.3 is 0 Å². The van der Waals surface area contributed by atoms with Crippen molar-refractivity contribution >= 4 is 27.9 Å². The lowest BCUT2D eigenvalue weighted by Crippen LogP contribution is -1.98. The molecule has 3 aromatic rings. The zero-order valence-electron chi connectivity index (χ0n) is 11.3. The van der Waals surface area contributed by atoms with E-state index in [1.54, 1.807) is 7.11 Å². The number of carbonyl (C=O) groups is 1. The van der Waals surface area contributed by atoms with E-state index in [2.05, 4.69) is 0 Å². The van der Waals surface area contributed by atoms with E-state index in [1.165, 1.54) is 11.3 Å². The summed E-state index contributed by atoms with van der Waals surface area (Å²) in [5, 5.41) is 2.12. The van der Waals surface area contributed by atoms with Gasteiger partial charge in [-0.3, -0.25) is 4.79 Å². The van der Waals surface area contributed by atoms with Gasteiger partial charge in [0.2, 0.25) is 5.78 Å². The molecular formula is C17H14O2S. The van der Waals surface area contributed by atoms with Crippen LogP contribution in [0.15, 0.2) is 48.5 Å². The molecule has 2 nitrogen and oxygen atoms in total. The third-order valence-corrected chi connectivity index (χ3v) is 4.27. The molecule has 1 heterocycles. The highest BCUT2D eigenvalue weighted by molar-refractivity contribution is 7.14. The Hall–Kier alpha value is -2.13. The van der Waals surface area contributed by atoms with E-state index in [1.807, 2.05) is 55.5 Å². The maximum absolute atomic E-state index is 12.4. The van der Waals surface area contributed by atoms with Gasteiger partial charge in [0.25, 0.3) is 0 Å². The van der Waals surface area contributed by atoms with Gasteiger partial charge in [-0.05, 0) is 48.0 Å². The average molecular weight is 282 g/mol. The largest absolute Gasteiger partial charge is 0.497 e. The zero-order chi connectivity index (χ0) is 14.1. The lowest BCUT2D eigenvalue weighted by molar-refractivity contribution is 0.104. The Bertz CT molecular complexity index is 787. The lowest BCUT2D eigenvalue weighted by Gasteiger charge is -2.04. The number of methoxy groups -OCH3 is 1. The Balaban J connectivity index is 2.02. The maximum Gasteiger partial charge on any atom is 0.202 e. The molecule has 3 rings (SSSR count). The van der Waals surface area contributed by atoms with Gasteiger partial charge in [-0.15, -0.1) is 11.3 Å². The first-order valence-corrected chi connectivity index (χ1v) is 7.18. The summed E-state index contributed by atoms with van der Waals surface area (Å²) in [5.41, 5.74) is 0.726. The number of benzene rings is 2. The number of thiophene rings is 1. The molecule has 0 N–H and O–H groups in total. The molecule has 0 amide bonds. The van der Waals surface area contributed by atoms with Crippen molar-refractivity contribution in [2.75, 3.05) is 7.11 Å². The fraction of sp³-hybridized carbons (Fsp3) is 0.118. The van der Waals surface area contributed by atoms with Gasteiger partial charge in [-0.2, -0.15) is 0 Å². The van der Waals surface area contributed by atoms with Crippen LogP contribution in [0.1, 0.15) is 20.1 Å². The summed E-state index contributed by atoms with van der Waals surface area (Å²) >= 11 is 1.53. The van der Waals surface area contributed by atoms with Crippen molar-refractivity contribution in [3.8, 4) is 5.75 Å². The number of hydrogen-bond donors (Lipinski definition) is 0. The van der Waals surface area contributed by atoms with Gasteiger partial charge in [-0.1, -0.05) is 18.2 Å². The second-order valence-electron chi connectivity index (χ2n) is 4.67. The van der Waals surface area contributed by atoms with Gasteiger partial charge < -0.3 is 4.74 Å². The Morgan fingerprint density at radius 1 is 1.00 bits per heavy atom. The molecule has 2 aromatic carbocycles. The molecule has 0 fully saturated rings. The van der Waals surface area contributed by atoms with E-state index in [0.29, 0.717) is 0 Å². The van der Waals surface area contributed by atoms with Crippen LogP contribution in [0.25, 0.3) is 10.8 Å². The van der Waals surface area contributed by atoms with E-state index < -0.39 is 0 Å². The van der Waals surface area contributed by atoms with Gasteiger partial charge in [0.1, 0.15) is 5.75 Å². The van der Waals surface area contributed by atoms with Crippen molar-refractivity contribution in [2.45, 2.75) is 6.92 Å². The molecule has 0 aliphatic carbocycles. The molecule has 20 heavy (non-hydrogen) atoms. The van der Waals surface area contributed by atoms with Crippen molar-refractivity contribution in [2.24, 2.45) is 0 Å². The molecule has 0 aliphatic heterocycles. The molecule has 0 bridgehead atoms. The van der Waals surface area contributed by atoms with E-state index in [0.717, 1.165) is 31.8 Å². The van der Waals surface area contributed by atoms with E-state index in [-0.39, 0.29) is 5.78 Å². The quantitative estimate of drug-likeness (QED) is 0.663. The fourth-order valence-corrected chi connectivity index (χ4v) is 3.02. The summed E-state index contributed by atoms with van der Waals surface area (Å²) in [6, 6.07) is 15.5. The van der Waals surface area contributed by atoms with Gasteiger partial charge in [0, 0.05) is 10.4 Å². The van der Waals surface area contributed by atoms with Crippen LogP contribution in [0, 0.1) is 6.92 Å². The van der Waals surface area contributed by atoms with Crippen LogP contribution in [0.2, 0.25) is 0 Å². The minimum Gasteiger partial charge on any atom is -0.497 e. The number of hydrogen-bond acceptors (Lipinski definition) is 3. The van der Waals surface area contributed by atoms with Crippen molar-refractivity contribution in [1.82, 2.24) is 0 Å². The molecule has 0 unspecified atom stereocenters. The van der Waals surface area contributed by atoms with Crippen LogP contribution in [-0.2, 0) is 0 Å². The molecule has 0 atom stereocenters. The molecule has 0 spiro atoms. The summed E-state index contributed by atoms with van der Waals surface area (Å²) < 4.78 is 5.21. The lowest BCUT2D eigenvalue weighted by atomic mass is 10.0. The van der Waals surface area contributed by atoms with Crippen molar-refractivity contribution in [1.29, 1.82) is 0 Å².